The zero-order valence-electron chi connectivity index (χ0n) is 19.9. The molecular formula is C24H42N4O3. The Morgan fingerprint density at radius 3 is 2.58 bits per heavy atom. The van der Waals surface area contributed by atoms with Crippen LogP contribution in [0.4, 0.5) is 0 Å². The number of rotatable bonds is 14. The van der Waals surface area contributed by atoms with Gasteiger partial charge < -0.3 is 29.3 Å². The van der Waals surface area contributed by atoms with Gasteiger partial charge in [0.1, 0.15) is 12.4 Å². The second-order valence-electron chi connectivity index (χ2n) is 7.86. The quantitative estimate of drug-likeness (QED) is 0.276. The van der Waals surface area contributed by atoms with Crippen LogP contribution < -0.4 is 10.1 Å². The summed E-state index contributed by atoms with van der Waals surface area (Å²) in [5.74, 6) is 2.46. The predicted octanol–water partition coefficient (Wildman–Crippen LogP) is 2.86. The highest BCUT2D eigenvalue weighted by molar-refractivity contribution is 5.80. The van der Waals surface area contributed by atoms with E-state index in [1.54, 1.807) is 7.11 Å². The fraction of sp³-hybridized carbons (Fsp3) is 0.708. The van der Waals surface area contributed by atoms with Crippen molar-refractivity contribution in [3.05, 3.63) is 29.8 Å². The van der Waals surface area contributed by atoms with Gasteiger partial charge in [-0.15, -0.1) is 0 Å². The molecule has 2 rings (SSSR count). The standard InChI is InChI=1S/C24H42N4O3/c1-5-25-24(28-13-12-22(19-28)20-30-17-16-29-4)26-18-21-8-10-23(11-9-21)31-15-14-27(6-2)7-3/h8-11,22H,5-7,12-20H2,1-4H3,(H,25,26). The third-order valence-corrected chi connectivity index (χ3v) is 5.61. The van der Waals surface area contributed by atoms with Crippen molar-refractivity contribution in [2.24, 2.45) is 10.9 Å². The number of likely N-dealkylation sites (tertiary alicyclic amines) is 1. The highest BCUT2D eigenvalue weighted by Crippen LogP contribution is 2.17. The molecular weight excluding hydrogens is 392 g/mol. The van der Waals surface area contributed by atoms with E-state index in [4.69, 9.17) is 19.2 Å². The van der Waals surface area contributed by atoms with Gasteiger partial charge in [0.2, 0.25) is 0 Å². The summed E-state index contributed by atoms with van der Waals surface area (Å²) in [5.41, 5.74) is 1.19. The molecule has 1 N–H and O–H groups in total. The average molecular weight is 435 g/mol. The summed E-state index contributed by atoms with van der Waals surface area (Å²) in [6, 6.07) is 8.30. The summed E-state index contributed by atoms with van der Waals surface area (Å²) >= 11 is 0. The summed E-state index contributed by atoms with van der Waals surface area (Å²) in [6.45, 7) is 15.9. The second-order valence-corrected chi connectivity index (χ2v) is 7.86. The van der Waals surface area contributed by atoms with Crippen molar-refractivity contribution in [1.82, 2.24) is 15.1 Å². The number of ether oxygens (including phenoxy) is 3. The minimum Gasteiger partial charge on any atom is -0.492 e. The van der Waals surface area contributed by atoms with Crippen molar-refractivity contribution in [3.63, 3.8) is 0 Å². The first kappa shape index (κ1) is 25.4. The molecule has 176 valence electrons. The van der Waals surface area contributed by atoms with Gasteiger partial charge in [-0.1, -0.05) is 26.0 Å². The van der Waals surface area contributed by atoms with Gasteiger partial charge >= 0.3 is 0 Å². The van der Waals surface area contributed by atoms with E-state index >= 15 is 0 Å². The van der Waals surface area contributed by atoms with Crippen molar-refractivity contribution in [2.75, 3.05) is 72.8 Å². The van der Waals surface area contributed by atoms with E-state index in [9.17, 15) is 0 Å². The molecule has 7 heteroatoms. The Labute approximate surface area is 188 Å². The van der Waals surface area contributed by atoms with E-state index in [2.05, 4.69) is 48.0 Å². The second kappa shape index (κ2) is 15.1. The van der Waals surface area contributed by atoms with E-state index < -0.39 is 0 Å². The molecule has 1 saturated heterocycles. The fourth-order valence-electron chi connectivity index (χ4n) is 3.67. The molecule has 1 fully saturated rings. The number of guanidine groups is 1. The molecule has 0 radical (unpaired) electrons. The largest absolute Gasteiger partial charge is 0.492 e. The molecule has 0 amide bonds. The van der Waals surface area contributed by atoms with Gasteiger partial charge in [-0.3, -0.25) is 0 Å². The third-order valence-electron chi connectivity index (χ3n) is 5.61. The molecule has 0 aliphatic carbocycles. The molecule has 0 aromatic heterocycles. The molecule has 1 aromatic rings. The normalized spacial score (nSPS) is 16.9. The van der Waals surface area contributed by atoms with Crippen LogP contribution in [0.25, 0.3) is 0 Å². The topological polar surface area (TPSA) is 58.6 Å². The van der Waals surface area contributed by atoms with Gasteiger partial charge in [-0.05, 0) is 44.1 Å². The molecule has 31 heavy (non-hydrogen) atoms. The molecule has 0 spiro atoms. The number of methoxy groups -OCH3 is 1. The molecule has 1 atom stereocenters. The Morgan fingerprint density at radius 2 is 1.90 bits per heavy atom. The van der Waals surface area contributed by atoms with Crippen LogP contribution in [-0.2, 0) is 16.0 Å². The Bertz CT molecular complexity index is 620. The van der Waals surface area contributed by atoms with Gasteiger partial charge in [0.05, 0.1) is 26.4 Å². The minimum atomic E-state index is 0.550. The van der Waals surface area contributed by atoms with E-state index in [-0.39, 0.29) is 0 Å². The molecule has 1 aliphatic rings. The Kier molecular flexibility index (Phi) is 12.3. The van der Waals surface area contributed by atoms with Crippen molar-refractivity contribution in [1.29, 1.82) is 0 Å². The van der Waals surface area contributed by atoms with Gasteiger partial charge in [0.25, 0.3) is 0 Å². The van der Waals surface area contributed by atoms with Crippen molar-refractivity contribution in [3.8, 4) is 5.75 Å². The molecule has 1 aliphatic heterocycles. The molecule has 1 heterocycles. The summed E-state index contributed by atoms with van der Waals surface area (Å²) in [4.78, 5) is 9.58. The van der Waals surface area contributed by atoms with Gasteiger partial charge in [-0.25, -0.2) is 4.99 Å². The minimum absolute atomic E-state index is 0.550. The number of likely N-dealkylation sites (N-methyl/N-ethyl adjacent to an activating group) is 1. The van der Waals surface area contributed by atoms with Gasteiger partial charge in [0.15, 0.2) is 5.96 Å². The number of benzene rings is 1. The smallest absolute Gasteiger partial charge is 0.194 e. The molecule has 1 unspecified atom stereocenters. The first-order chi connectivity index (χ1) is 15.2. The summed E-state index contributed by atoms with van der Waals surface area (Å²) in [5, 5.41) is 3.44. The van der Waals surface area contributed by atoms with Crippen LogP contribution in [0.5, 0.6) is 5.75 Å². The van der Waals surface area contributed by atoms with E-state index in [0.29, 0.717) is 25.7 Å². The first-order valence-corrected chi connectivity index (χ1v) is 11.7. The summed E-state index contributed by atoms with van der Waals surface area (Å²) < 4.78 is 16.6. The molecule has 1 aromatic carbocycles. The SMILES string of the molecule is CCNC(=NCc1ccc(OCCN(CC)CC)cc1)N1CCC(COCCOC)C1. The zero-order chi connectivity index (χ0) is 22.3. The van der Waals surface area contributed by atoms with Gasteiger partial charge in [0, 0.05) is 39.2 Å². The van der Waals surface area contributed by atoms with Crippen LogP contribution in [0.15, 0.2) is 29.3 Å². The van der Waals surface area contributed by atoms with Crippen LogP contribution in [0.3, 0.4) is 0 Å². The Morgan fingerprint density at radius 1 is 1.13 bits per heavy atom. The highest BCUT2D eigenvalue weighted by atomic mass is 16.5. The number of hydrogen-bond donors (Lipinski definition) is 1. The van der Waals surface area contributed by atoms with Crippen LogP contribution in [-0.4, -0.2) is 88.6 Å². The monoisotopic (exact) mass is 434 g/mol. The Balaban J connectivity index is 1.81. The van der Waals surface area contributed by atoms with Crippen molar-refractivity contribution in [2.45, 2.75) is 33.7 Å². The number of nitrogens with zero attached hydrogens (tertiary/aromatic N) is 3. The third kappa shape index (κ3) is 9.46. The molecule has 0 saturated carbocycles. The fourth-order valence-corrected chi connectivity index (χ4v) is 3.67. The maximum absolute atomic E-state index is 5.88. The molecule has 0 bridgehead atoms. The first-order valence-electron chi connectivity index (χ1n) is 11.7. The summed E-state index contributed by atoms with van der Waals surface area (Å²) in [7, 11) is 1.70. The maximum Gasteiger partial charge on any atom is 0.194 e. The average Bonchev–Trinajstić information content (AvgIpc) is 3.27. The Hall–Kier alpha value is -1.83. The highest BCUT2D eigenvalue weighted by Gasteiger charge is 2.24. The van der Waals surface area contributed by atoms with E-state index in [1.165, 1.54) is 5.56 Å². The van der Waals surface area contributed by atoms with E-state index in [0.717, 1.165) is 70.6 Å². The number of nitrogens with one attached hydrogen (secondary N) is 1. The van der Waals surface area contributed by atoms with Crippen molar-refractivity contribution < 1.29 is 14.2 Å². The van der Waals surface area contributed by atoms with Crippen LogP contribution in [0.2, 0.25) is 0 Å². The number of hydrogen-bond acceptors (Lipinski definition) is 5. The number of aliphatic imine (C=N–C) groups is 1. The lowest BCUT2D eigenvalue weighted by atomic mass is 10.1. The van der Waals surface area contributed by atoms with Crippen molar-refractivity contribution >= 4 is 5.96 Å². The van der Waals surface area contributed by atoms with Gasteiger partial charge in [-0.2, -0.15) is 0 Å². The lowest BCUT2D eigenvalue weighted by molar-refractivity contribution is 0.0536. The van der Waals surface area contributed by atoms with Crippen LogP contribution in [0, 0.1) is 5.92 Å². The molecule has 7 nitrogen and oxygen atoms in total. The van der Waals surface area contributed by atoms with Crippen LogP contribution in [0.1, 0.15) is 32.8 Å². The predicted molar refractivity (Wildman–Crippen MR) is 127 cm³/mol. The van der Waals surface area contributed by atoms with Crippen LogP contribution >= 0.6 is 0 Å². The van der Waals surface area contributed by atoms with E-state index in [1.807, 2.05) is 12.1 Å². The maximum atomic E-state index is 5.88. The zero-order valence-corrected chi connectivity index (χ0v) is 19.9. The summed E-state index contributed by atoms with van der Waals surface area (Å²) in [6.07, 6.45) is 1.14. The lowest BCUT2D eigenvalue weighted by Gasteiger charge is -2.21. The lowest BCUT2D eigenvalue weighted by Crippen LogP contribution is -2.40.